The van der Waals surface area contributed by atoms with Gasteiger partial charge in [0.15, 0.2) is 0 Å². The van der Waals surface area contributed by atoms with Crippen LogP contribution in [0.4, 0.5) is 10.1 Å². The van der Waals surface area contributed by atoms with Crippen molar-refractivity contribution >= 4 is 17.5 Å². The highest BCUT2D eigenvalue weighted by molar-refractivity contribution is 5.92. The molecule has 1 aromatic rings. The van der Waals surface area contributed by atoms with Crippen molar-refractivity contribution in [3.8, 4) is 0 Å². The molecule has 2 fully saturated rings. The maximum atomic E-state index is 13.0. The van der Waals surface area contributed by atoms with Gasteiger partial charge in [0.1, 0.15) is 5.82 Å². The first-order valence-electron chi connectivity index (χ1n) is 7.54. The SMILES string of the molecule is CC1(C(=O)N2CCN(c3ccc(F)cc3)CC2)CNC(=O)C1. The Morgan fingerprint density at radius 1 is 1.18 bits per heavy atom. The highest BCUT2D eigenvalue weighted by Gasteiger charge is 2.43. The molecule has 118 valence electrons. The van der Waals surface area contributed by atoms with Gasteiger partial charge in [0.2, 0.25) is 11.8 Å². The van der Waals surface area contributed by atoms with Gasteiger partial charge < -0.3 is 15.1 Å². The lowest BCUT2D eigenvalue weighted by Crippen LogP contribution is -2.53. The second-order valence-electron chi connectivity index (χ2n) is 6.27. The van der Waals surface area contributed by atoms with Crippen molar-refractivity contribution in [2.24, 2.45) is 5.41 Å². The highest BCUT2D eigenvalue weighted by atomic mass is 19.1. The second-order valence-corrected chi connectivity index (χ2v) is 6.27. The molecule has 0 bridgehead atoms. The van der Waals surface area contributed by atoms with Crippen LogP contribution >= 0.6 is 0 Å². The minimum Gasteiger partial charge on any atom is -0.368 e. The largest absolute Gasteiger partial charge is 0.368 e. The molecular weight excluding hydrogens is 285 g/mol. The van der Waals surface area contributed by atoms with Gasteiger partial charge in [-0.25, -0.2) is 4.39 Å². The number of hydrogen-bond acceptors (Lipinski definition) is 3. The number of amides is 2. The van der Waals surface area contributed by atoms with Crippen LogP contribution in [0.2, 0.25) is 0 Å². The molecule has 2 amide bonds. The van der Waals surface area contributed by atoms with Gasteiger partial charge in [-0.05, 0) is 31.2 Å². The fourth-order valence-electron chi connectivity index (χ4n) is 3.13. The molecule has 6 heteroatoms. The van der Waals surface area contributed by atoms with E-state index in [9.17, 15) is 14.0 Å². The summed E-state index contributed by atoms with van der Waals surface area (Å²) in [5.74, 6) is -0.255. The number of halogens is 1. The number of piperazine rings is 1. The van der Waals surface area contributed by atoms with E-state index >= 15 is 0 Å². The lowest BCUT2D eigenvalue weighted by atomic mass is 9.87. The molecular formula is C16H20FN3O2. The zero-order chi connectivity index (χ0) is 15.7. The molecule has 5 nitrogen and oxygen atoms in total. The molecule has 2 heterocycles. The Hall–Kier alpha value is -2.11. The normalized spacial score (nSPS) is 25.3. The van der Waals surface area contributed by atoms with Crippen molar-refractivity contribution in [3.05, 3.63) is 30.1 Å². The summed E-state index contributed by atoms with van der Waals surface area (Å²) in [7, 11) is 0. The van der Waals surface area contributed by atoms with E-state index in [1.807, 2.05) is 11.8 Å². The summed E-state index contributed by atoms with van der Waals surface area (Å²) >= 11 is 0. The van der Waals surface area contributed by atoms with Crippen LogP contribution in [0.3, 0.4) is 0 Å². The van der Waals surface area contributed by atoms with Gasteiger partial charge in [-0.2, -0.15) is 0 Å². The maximum absolute atomic E-state index is 13.0. The number of anilines is 1. The number of carbonyl (C=O) groups excluding carboxylic acids is 2. The van der Waals surface area contributed by atoms with Crippen LogP contribution in [0, 0.1) is 11.2 Å². The first kappa shape index (κ1) is 14.8. The Bertz CT molecular complexity index is 582. The lowest BCUT2D eigenvalue weighted by Gasteiger charge is -2.39. The van der Waals surface area contributed by atoms with E-state index in [-0.39, 0.29) is 24.1 Å². The van der Waals surface area contributed by atoms with E-state index < -0.39 is 5.41 Å². The Morgan fingerprint density at radius 2 is 1.82 bits per heavy atom. The molecule has 22 heavy (non-hydrogen) atoms. The molecule has 1 aromatic carbocycles. The van der Waals surface area contributed by atoms with Crippen molar-refractivity contribution in [1.82, 2.24) is 10.2 Å². The molecule has 2 saturated heterocycles. The van der Waals surface area contributed by atoms with Crippen LogP contribution in [-0.2, 0) is 9.59 Å². The fourth-order valence-corrected chi connectivity index (χ4v) is 3.13. The van der Waals surface area contributed by atoms with E-state index in [0.29, 0.717) is 19.6 Å². The summed E-state index contributed by atoms with van der Waals surface area (Å²) in [6, 6.07) is 6.41. The van der Waals surface area contributed by atoms with E-state index in [0.717, 1.165) is 18.8 Å². The number of carbonyl (C=O) groups is 2. The van der Waals surface area contributed by atoms with Crippen molar-refractivity contribution in [2.45, 2.75) is 13.3 Å². The Morgan fingerprint density at radius 3 is 2.36 bits per heavy atom. The van der Waals surface area contributed by atoms with Crippen LogP contribution < -0.4 is 10.2 Å². The zero-order valence-corrected chi connectivity index (χ0v) is 12.6. The van der Waals surface area contributed by atoms with Crippen molar-refractivity contribution in [1.29, 1.82) is 0 Å². The fraction of sp³-hybridized carbons (Fsp3) is 0.500. The molecule has 0 saturated carbocycles. The Labute approximate surface area is 129 Å². The molecule has 1 unspecified atom stereocenters. The molecule has 0 aliphatic carbocycles. The number of rotatable bonds is 2. The monoisotopic (exact) mass is 305 g/mol. The van der Waals surface area contributed by atoms with Crippen molar-refractivity contribution in [3.63, 3.8) is 0 Å². The van der Waals surface area contributed by atoms with E-state index in [1.165, 1.54) is 12.1 Å². The lowest BCUT2D eigenvalue weighted by molar-refractivity contribution is -0.141. The minimum absolute atomic E-state index is 0.0459. The molecule has 0 aromatic heterocycles. The van der Waals surface area contributed by atoms with Gasteiger partial charge >= 0.3 is 0 Å². The van der Waals surface area contributed by atoms with Crippen LogP contribution in [0.25, 0.3) is 0 Å². The maximum Gasteiger partial charge on any atom is 0.230 e. The van der Waals surface area contributed by atoms with Crippen LogP contribution in [-0.4, -0.2) is 49.4 Å². The van der Waals surface area contributed by atoms with E-state index in [2.05, 4.69) is 10.2 Å². The Kier molecular flexibility index (Phi) is 3.76. The third-order valence-corrected chi connectivity index (χ3v) is 4.50. The number of nitrogens with one attached hydrogen (secondary N) is 1. The summed E-state index contributed by atoms with van der Waals surface area (Å²) in [5, 5.41) is 2.74. The van der Waals surface area contributed by atoms with E-state index in [1.54, 1.807) is 12.1 Å². The third kappa shape index (κ3) is 2.77. The molecule has 0 spiro atoms. The Balaban J connectivity index is 1.61. The zero-order valence-electron chi connectivity index (χ0n) is 12.6. The van der Waals surface area contributed by atoms with Crippen LogP contribution in [0.5, 0.6) is 0 Å². The average Bonchev–Trinajstić information content (AvgIpc) is 2.88. The van der Waals surface area contributed by atoms with Gasteiger partial charge in [-0.15, -0.1) is 0 Å². The molecule has 2 aliphatic heterocycles. The van der Waals surface area contributed by atoms with E-state index in [4.69, 9.17) is 0 Å². The predicted octanol–water partition coefficient (Wildman–Crippen LogP) is 1.00. The van der Waals surface area contributed by atoms with Gasteiger partial charge in [0, 0.05) is 44.8 Å². The van der Waals surface area contributed by atoms with Gasteiger partial charge in [0.25, 0.3) is 0 Å². The van der Waals surface area contributed by atoms with Crippen molar-refractivity contribution in [2.75, 3.05) is 37.6 Å². The summed E-state index contributed by atoms with van der Waals surface area (Å²) in [6.45, 7) is 4.95. The van der Waals surface area contributed by atoms with Gasteiger partial charge in [-0.1, -0.05) is 0 Å². The molecule has 3 rings (SSSR count). The highest BCUT2D eigenvalue weighted by Crippen LogP contribution is 2.29. The molecule has 0 radical (unpaired) electrons. The average molecular weight is 305 g/mol. The summed E-state index contributed by atoms with van der Waals surface area (Å²) in [6.07, 6.45) is 0.268. The standard InChI is InChI=1S/C16H20FN3O2/c1-16(10-14(21)18-11-16)15(22)20-8-6-19(7-9-20)13-4-2-12(17)3-5-13/h2-5H,6-11H2,1H3,(H,18,21). The molecule has 1 atom stereocenters. The van der Waals surface area contributed by atoms with Crippen LogP contribution in [0.15, 0.2) is 24.3 Å². The number of nitrogens with zero attached hydrogens (tertiary/aromatic N) is 2. The molecule has 1 N–H and O–H groups in total. The quantitative estimate of drug-likeness (QED) is 0.887. The molecule has 2 aliphatic rings. The number of hydrogen-bond donors (Lipinski definition) is 1. The topological polar surface area (TPSA) is 52.7 Å². The number of benzene rings is 1. The first-order valence-corrected chi connectivity index (χ1v) is 7.54. The third-order valence-electron chi connectivity index (χ3n) is 4.50. The summed E-state index contributed by atoms with van der Waals surface area (Å²) < 4.78 is 13.0. The smallest absolute Gasteiger partial charge is 0.230 e. The van der Waals surface area contributed by atoms with Gasteiger partial charge in [0.05, 0.1) is 5.41 Å². The van der Waals surface area contributed by atoms with Gasteiger partial charge in [-0.3, -0.25) is 9.59 Å². The summed E-state index contributed by atoms with van der Waals surface area (Å²) in [5.41, 5.74) is 0.354. The minimum atomic E-state index is -0.616. The first-order chi connectivity index (χ1) is 10.5. The van der Waals surface area contributed by atoms with Crippen LogP contribution in [0.1, 0.15) is 13.3 Å². The summed E-state index contributed by atoms with van der Waals surface area (Å²) in [4.78, 5) is 28.0. The second kappa shape index (κ2) is 5.59. The predicted molar refractivity (Wildman–Crippen MR) is 80.9 cm³/mol. The van der Waals surface area contributed by atoms with Crippen molar-refractivity contribution < 1.29 is 14.0 Å².